The number of hydrogen-bond acceptors (Lipinski definition) is 3. The van der Waals surface area contributed by atoms with Crippen LogP contribution in [-0.4, -0.2) is 52.6 Å². The third-order valence-corrected chi connectivity index (χ3v) is 6.37. The fourth-order valence-corrected chi connectivity index (χ4v) is 4.77. The Bertz CT molecular complexity index is 828. The van der Waals surface area contributed by atoms with Gasteiger partial charge in [-0.15, -0.1) is 0 Å². The summed E-state index contributed by atoms with van der Waals surface area (Å²) in [6, 6.07) is 3.12. The molecule has 30 heavy (non-hydrogen) atoms. The Balaban J connectivity index is 1.73. The first-order chi connectivity index (χ1) is 13.8. The number of halogens is 4. The minimum atomic E-state index is -4.46. The third kappa shape index (κ3) is 4.76. The van der Waals surface area contributed by atoms with Crippen molar-refractivity contribution >= 4 is 27.9 Å². The maximum Gasteiger partial charge on any atom is 0.416 e. The summed E-state index contributed by atoms with van der Waals surface area (Å²) in [6.45, 7) is 6.96. The maximum atomic E-state index is 13.2. The van der Waals surface area contributed by atoms with Gasteiger partial charge in [0.25, 0.3) is 5.91 Å². The molecule has 2 saturated heterocycles. The second-order valence-electron chi connectivity index (χ2n) is 8.94. The largest absolute Gasteiger partial charge is 0.444 e. The van der Waals surface area contributed by atoms with Crippen LogP contribution in [0.3, 0.4) is 0 Å². The van der Waals surface area contributed by atoms with Crippen molar-refractivity contribution in [2.75, 3.05) is 19.6 Å². The molecule has 0 aromatic heterocycles. The molecule has 2 amide bonds. The topological polar surface area (TPSA) is 49.9 Å². The number of amides is 2. The lowest BCUT2D eigenvalue weighted by molar-refractivity contribution is -0.137. The predicted molar refractivity (Wildman–Crippen MR) is 109 cm³/mol. The van der Waals surface area contributed by atoms with Crippen LogP contribution in [0.2, 0.25) is 0 Å². The standard InChI is InChI=1S/C21H26BrF3N2O3/c1-19(2,3)30-18(29)26-11-8-20(9-12-26)7-4-10-27(20)17(28)15-6-5-14(13-16(15)22)21(23,24)25/h5-6,13H,4,7-12H2,1-3H3. The van der Waals surface area contributed by atoms with Crippen LogP contribution < -0.4 is 0 Å². The van der Waals surface area contributed by atoms with Gasteiger partial charge in [0.2, 0.25) is 0 Å². The highest BCUT2D eigenvalue weighted by Crippen LogP contribution is 2.41. The molecular formula is C21H26BrF3N2O3. The van der Waals surface area contributed by atoms with E-state index in [0.29, 0.717) is 32.5 Å². The van der Waals surface area contributed by atoms with Crippen LogP contribution in [0.15, 0.2) is 22.7 Å². The number of ether oxygens (including phenoxy) is 1. The van der Waals surface area contributed by atoms with E-state index in [2.05, 4.69) is 15.9 Å². The Kier molecular flexibility index (Phi) is 6.15. The molecule has 1 aromatic carbocycles. The fraction of sp³-hybridized carbons (Fsp3) is 0.619. The van der Waals surface area contributed by atoms with Crippen LogP contribution in [0.25, 0.3) is 0 Å². The highest BCUT2D eigenvalue weighted by molar-refractivity contribution is 9.10. The lowest BCUT2D eigenvalue weighted by atomic mass is 9.84. The summed E-state index contributed by atoms with van der Waals surface area (Å²) >= 11 is 3.14. The monoisotopic (exact) mass is 490 g/mol. The van der Waals surface area contributed by atoms with Crippen molar-refractivity contribution in [3.63, 3.8) is 0 Å². The lowest BCUT2D eigenvalue weighted by Crippen LogP contribution is -2.55. The van der Waals surface area contributed by atoms with E-state index in [0.717, 1.165) is 25.0 Å². The highest BCUT2D eigenvalue weighted by Gasteiger charge is 2.47. The predicted octanol–water partition coefficient (Wildman–Crippen LogP) is 5.47. The Hall–Kier alpha value is -1.77. The van der Waals surface area contributed by atoms with E-state index in [1.54, 1.807) is 9.80 Å². The van der Waals surface area contributed by atoms with Crippen LogP contribution in [0.4, 0.5) is 18.0 Å². The van der Waals surface area contributed by atoms with E-state index in [1.807, 2.05) is 20.8 Å². The van der Waals surface area contributed by atoms with Gasteiger partial charge in [-0.1, -0.05) is 0 Å². The van der Waals surface area contributed by atoms with Gasteiger partial charge in [0.15, 0.2) is 0 Å². The van der Waals surface area contributed by atoms with Crippen molar-refractivity contribution in [3.05, 3.63) is 33.8 Å². The van der Waals surface area contributed by atoms with Crippen LogP contribution in [0.1, 0.15) is 62.4 Å². The zero-order valence-electron chi connectivity index (χ0n) is 17.3. The van der Waals surface area contributed by atoms with E-state index in [4.69, 9.17) is 4.74 Å². The molecule has 5 nitrogen and oxygen atoms in total. The van der Waals surface area contributed by atoms with Gasteiger partial charge in [-0.3, -0.25) is 4.79 Å². The summed E-state index contributed by atoms with van der Waals surface area (Å²) in [4.78, 5) is 29.0. The Labute approximate surface area is 182 Å². The van der Waals surface area contributed by atoms with Crippen LogP contribution in [0, 0.1) is 0 Å². The fourth-order valence-electron chi connectivity index (χ4n) is 4.22. The molecule has 0 saturated carbocycles. The van der Waals surface area contributed by atoms with E-state index in [-0.39, 0.29) is 27.6 Å². The molecule has 2 fully saturated rings. The molecule has 0 aliphatic carbocycles. The Morgan fingerprint density at radius 3 is 2.23 bits per heavy atom. The van der Waals surface area contributed by atoms with Crippen molar-refractivity contribution in [1.82, 2.24) is 9.80 Å². The summed E-state index contributed by atoms with van der Waals surface area (Å²) in [5, 5.41) is 0. The molecule has 0 radical (unpaired) electrons. The van der Waals surface area contributed by atoms with Gasteiger partial charge in [0, 0.05) is 29.6 Å². The molecule has 0 atom stereocenters. The minimum Gasteiger partial charge on any atom is -0.444 e. The van der Waals surface area contributed by atoms with Crippen LogP contribution in [-0.2, 0) is 10.9 Å². The Morgan fingerprint density at radius 1 is 1.07 bits per heavy atom. The normalized spacial score (nSPS) is 19.3. The number of likely N-dealkylation sites (tertiary alicyclic amines) is 2. The van der Waals surface area contributed by atoms with Crippen molar-refractivity contribution < 1.29 is 27.5 Å². The van der Waals surface area contributed by atoms with Crippen molar-refractivity contribution in [2.24, 2.45) is 0 Å². The van der Waals surface area contributed by atoms with Gasteiger partial charge < -0.3 is 14.5 Å². The molecular weight excluding hydrogens is 465 g/mol. The molecule has 0 N–H and O–H groups in total. The average Bonchev–Trinajstić information content (AvgIpc) is 3.02. The summed E-state index contributed by atoms with van der Waals surface area (Å²) in [5.74, 6) is -0.279. The molecule has 9 heteroatoms. The number of benzene rings is 1. The van der Waals surface area contributed by atoms with Gasteiger partial charge in [-0.25, -0.2) is 4.79 Å². The van der Waals surface area contributed by atoms with Crippen molar-refractivity contribution in [3.8, 4) is 0 Å². The molecule has 1 aromatic rings. The first kappa shape index (κ1) is 22.9. The second kappa shape index (κ2) is 8.05. The maximum absolute atomic E-state index is 13.2. The van der Waals surface area contributed by atoms with Crippen molar-refractivity contribution in [2.45, 2.75) is 63.8 Å². The molecule has 2 aliphatic heterocycles. The van der Waals surface area contributed by atoms with E-state index in [9.17, 15) is 22.8 Å². The smallest absolute Gasteiger partial charge is 0.416 e. The summed E-state index contributed by atoms with van der Waals surface area (Å²) in [6.07, 6.45) is -1.94. The molecule has 0 unspecified atom stereocenters. The summed E-state index contributed by atoms with van der Waals surface area (Å²) < 4.78 is 44.4. The lowest BCUT2D eigenvalue weighted by Gasteiger charge is -2.45. The molecule has 1 spiro atoms. The van der Waals surface area contributed by atoms with E-state index < -0.39 is 17.3 Å². The quantitative estimate of drug-likeness (QED) is 0.524. The third-order valence-electron chi connectivity index (χ3n) is 5.71. The van der Waals surface area contributed by atoms with Gasteiger partial charge in [0.1, 0.15) is 5.60 Å². The van der Waals surface area contributed by atoms with Crippen molar-refractivity contribution in [1.29, 1.82) is 0 Å². The highest BCUT2D eigenvalue weighted by atomic mass is 79.9. The second-order valence-corrected chi connectivity index (χ2v) is 9.80. The minimum absolute atomic E-state index is 0.135. The summed E-state index contributed by atoms with van der Waals surface area (Å²) in [5.41, 5.74) is -1.53. The van der Waals surface area contributed by atoms with Gasteiger partial charge in [-0.2, -0.15) is 13.2 Å². The number of hydrogen-bond donors (Lipinski definition) is 0. The number of carbonyl (C=O) groups excluding carboxylic acids is 2. The van der Waals surface area contributed by atoms with E-state index >= 15 is 0 Å². The summed E-state index contributed by atoms with van der Waals surface area (Å²) in [7, 11) is 0. The molecule has 2 heterocycles. The number of carbonyl (C=O) groups is 2. The number of piperidine rings is 1. The van der Waals surface area contributed by atoms with Gasteiger partial charge >= 0.3 is 12.3 Å². The number of nitrogens with zero attached hydrogens (tertiary/aromatic N) is 2. The molecule has 166 valence electrons. The zero-order chi connectivity index (χ0) is 22.3. The first-order valence-electron chi connectivity index (χ1n) is 9.99. The van der Waals surface area contributed by atoms with E-state index in [1.165, 1.54) is 6.07 Å². The molecule has 2 aliphatic rings. The number of rotatable bonds is 1. The van der Waals surface area contributed by atoms with Crippen LogP contribution >= 0.6 is 15.9 Å². The zero-order valence-corrected chi connectivity index (χ0v) is 18.9. The van der Waals surface area contributed by atoms with Gasteiger partial charge in [0.05, 0.1) is 11.1 Å². The molecule has 0 bridgehead atoms. The number of alkyl halides is 3. The SMILES string of the molecule is CC(C)(C)OC(=O)N1CCC2(CCCN2C(=O)c2ccc(C(F)(F)F)cc2Br)CC1. The van der Waals surface area contributed by atoms with Crippen LogP contribution in [0.5, 0.6) is 0 Å². The Morgan fingerprint density at radius 2 is 1.70 bits per heavy atom. The first-order valence-corrected chi connectivity index (χ1v) is 10.8. The van der Waals surface area contributed by atoms with Gasteiger partial charge in [-0.05, 0) is 80.6 Å². The molecule has 3 rings (SSSR count). The average molecular weight is 491 g/mol.